The minimum Gasteiger partial charge on any atom is -0.380 e. The molecule has 0 aromatic carbocycles. The molecule has 0 amide bonds. The van der Waals surface area contributed by atoms with Gasteiger partial charge in [-0.05, 0) is 12.8 Å². The summed E-state index contributed by atoms with van der Waals surface area (Å²) in [7, 11) is 1.39. The largest absolute Gasteiger partial charge is 0.380 e. The Morgan fingerprint density at radius 2 is 2.27 bits per heavy atom. The van der Waals surface area contributed by atoms with E-state index in [2.05, 4.69) is 4.72 Å². The second-order valence-electron chi connectivity index (χ2n) is 2.47. The lowest BCUT2D eigenvalue weighted by Crippen LogP contribution is -2.38. The summed E-state index contributed by atoms with van der Waals surface area (Å²) in [5.41, 5.74) is 0. The third-order valence-electron chi connectivity index (χ3n) is 1.47. The van der Waals surface area contributed by atoms with E-state index in [1.54, 1.807) is 0 Å². The molecule has 1 atom stereocenters. The van der Waals surface area contributed by atoms with Crippen LogP contribution in [0.15, 0.2) is 0 Å². The van der Waals surface area contributed by atoms with Crippen molar-refractivity contribution in [2.75, 3.05) is 13.2 Å². The molecule has 0 aliphatic carbocycles. The molecule has 0 aromatic heterocycles. The third-order valence-corrected chi connectivity index (χ3v) is 2.35. The van der Waals surface area contributed by atoms with E-state index >= 15 is 0 Å². The van der Waals surface area contributed by atoms with Crippen LogP contribution < -0.4 is 4.72 Å². The van der Waals surface area contributed by atoms with Crippen molar-refractivity contribution in [2.24, 2.45) is 0 Å². The van der Waals surface area contributed by atoms with E-state index < -0.39 is 9.24 Å². The molecular weight excluding hydrogens is 190 g/mol. The summed E-state index contributed by atoms with van der Waals surface area (Å²) < 4.78 is 28.3. The number of ether oxygens (including phenoxy) is 1. The third kappa shape index (κ3) is 3.91. The van der Waals surface area contributed by atoms with E-state index in [1.165, 1.54) is 0 Å². The number of hydrogen-bond donors (Lipinski definition) is 1. The first-order valence-electron chi connectivity index (χ1n) is 3.37. The van der Waals surface area contributed by atoms with E-state index in [4.69, 9.17) is 15.4 Å². The fourth-order valence-corrected chi connectivity index (χ4v) is 1.99. The highest BCUT2D eigenvalue weighted by atomic mass is 35.7. The summed E-state index contributed by atoms with van der Waals surface area (Å²) in [6.07, 6.45) is 1.68. The normalized spacial score (nSPS) is 26.8. The second-order valence-corrected chi connectivity index (χ2v) is 4.80. The molecule has 1 fully saturated rings. The van der Waals surface area contributed by atoms with Crippen LogP contribution in [0.25, 0.3) is 0 Å². The topological polar surface area (TPSA) is 55.4 Å². The van der Waals surface area contributed by atoms with Crippen molar-refractivity contribution in [1.82, 2.24) is 4.72 Å². The van der Waals surface area contributed by atoms with Gasteiger partial charge in [-0.15, -0.1) is 0 Å². The van der Waals surface area contributed by atoms with Gasteiger partial charge >= 0.3 is 0 Å². The SMILES string of the molecule is O=S(=O)(Cl)NC1CCCOC1. The Hall–Kier alpha value is 0.160. The number of hydrogen-bond acceptors (Lipinski definition) is 3. The maximum Gasteiger partial charge on any atom is 0.297 e. The first kappa shape index (κ1) is 9.25. The van der Waals surface area contributed by atoms with E-state index in [0.717, 1.165) is 12.8 Å². The average Bonchev–Trinajstić information content (AvgIpc) is 1.85. The molecule has 1 aliphatic heterocycles. The lowest BCUT2D eigenvalue weighted by atomic mass is 10.1. The van der Waals surface area contributed by atoms with Crippen LogP contribution in [0.4, 0.5) is 0 Å². The van der Waals surface area contributed by atoms with Gasteiger partial charge in [0, 0.05) is 23.3 Å². The van der Waals surface area contributed by atoms with Crippen LogP contribution in [-0.4, -0.2) is 27.7 Å². The molecule has 0 aromatic rings. The van der Waals surface area contributed by atoms with Gasteiger partial charge in [0.15, 0.2) is 0 Å². The minimum absolute atomic E-state index is 0.147. The molecule has 11 heavy (non-hydrogen) atoms. The molecule has 0 radical (unpaired) electrons. The Morgan fingerprint density at radius 3 is 2.73 bits per heavy atom. The Morgan fingerprint density at radius 1 is 1.55 bits per heavy atom. The molecule has 1 saturated heterocycles. The Kier molecular flexibility index (Phi) is 3.12. The van der Waals surface area contributed by atoms with Gasteiger partial charge in [-0.1, -0.05) is 0 Å². The predicted molar refractivity (Wildman–Crippen MR) is 41.7 cm³/mol. The predicted octanol–water partition coefficient (Wildman–Crippen LogP) is 0.239. The molecule has 1 unspecified atom stereocenters. The molecule has 66 valence electrons. The smallest absolute Gasteiger partial charge is 0.297 e. The standard InChI is InChI=1S/C5H10ClNO3S/c6-11(8,9)7-5-2-1-3-10-4-5/h5,7H,1-4H2. The number of halogens is 1. The van der Waals surface area contributed by atoms with Gasteiger partial charge in [0.1, 0.15) is 0 Å². The van der Waals surface area contributed by atoms with Crippen LogP contribution in [-0.2, 0) is 14.0 Å². The van der Waals surface area contributed by atoms with Crippen molar-refractivity contribution in [1.29, 1.82) is 0 Å². The Bertz CT molecular complexity index is 210. The highest BCUT2D eigenvalue weighted by Gasteiger charge is 2.18. The molecule has 1 aliphatic rings. The first-order valence-corrected chi connectivity index (χ1v) is 5.68. The van der Waals surface area contributed by atoms with E-state index in [9.17, 15) is 8.42 Å². The zero-order chi connectivity index (χ0) is 8.32. The molecule has 1 heterocycles. The van der Waals surface area contributed by atoms with Crippen molar-refractivity contribution >= 4 is 19.9 Å². The highest BCUT2D eigenvalue weighted by Crippen LogP contribution is 2.07. The Labute approximate surface area is 70.4 Å². The fourth-order valence-electron chi connectivity index (χ4n) is 1.03. The molecule has 0 bridgehead atoms. The van der Waals surface area contributed by atoms with Crippen molar-refractivity contribution in [3.8, 4) is 0 Å². The van der Waals surface area contributed by atoms with Crippen LogP contribution in [0.5, 0.6) is 0 Å². The lowest BCUT2D eigenvalue weighted by molar-refractivity contribution is 0.0776. The van der Waals surface area contributed by atoms with Gasteiger partial charge in [0.25, 0.3) is 9.24 Å². The number of nitrogens with one attached hydrogen (secondary N) is 1. The molecule has 0 saturated carbocycles. The van der Waals surface area contributed by atoms with Gasteiger partial charge in [-0.3, -0.25) is 0 Å². The van der Waals surface area contributed by atoms with Crippen LogP contribution in [0.2, 0.25) is 0 Å². The molecule has 1 N–H and O–H groups in total. The minimum atomic E-state index is -3.58. The van der Waals surface area contributed by atoms with Gasteiger partial charge in [0.2, 0.25) is 0 Å². The van der Waals surface area contributed by atoms with E-state index in [0.29, 0.717) is 13.2 Å². The van der Waals surface area contributed by atoms with Crippen LogP contribution >= 0.6 is 10.7 Å². The monoisotopic (exact) mass is 199 g/mol. The molecular formula is C5H10ClNO3S. The van der Waals surface area contributed by atoms with E-state index in [-0.39, 0.29) is 6.04 Å². The summed E-state index contributed by atoms with van der Waals surface area (Å²) in [5, 5.41) is 0. The molecule has 4 nitrogen and oxygen atoms in total. The van der Waals surface area contributed by atoms with Crippen molar-refractivity contribution in [2.45, 2.75) is 18.9 Å². The summed E-state index contributed by atoms with van der Waals surface area (Å²) in [6, 6.07) is -0.147. The average molecular weight is 200 g/mol. The first-order chi connectivity index (χ1) is 5.08. The van der Waals surface area contributed by atoms with Gasteiger partial charge in [0.05, 0.1) is 6.61 Å². The lowest BCUT2D eigenvalue weighted by Gasteiger charge is -2.21. The Balaban J connectivity index is 2.36. The van der Waals surface area contributed by atoms with Crippen LogP contribution in [0.1, 0.15) is 12.8 Å². The summed E-state index contributed by atoms with van der Waals surface area (Å²) in [5.74, 6) is 0. The maximum atomic E-state index is 10.5. The van der Waals surface area contributed by atoms with Crippen LogP contribution in [0, 0.1) is 0 Å². The summed E-state index contributed by atoms with van der Waals surface area (Å²) in [6.45, 7) is 1.13. The molecule has 1 rings (SSSR count). The molecule has 0 spiro atoms. The zero-order valence-electron chi connectivity index (χ0n) is 5.92. The second kappa shape index (κ2) is 3.71. The zero-order valence-corrected chi connectivity index (χ0v) is 7.49. The number of rotatable bonds is 2. The highest BCUT2D eigenvalue weighted by molar-refractivity contribution is 8.12. The molecule has 6 heteroatoms. The maximum absolute atomic E-state index is 10.5. The van der Waals surface area contributed by atoms with Crippen molar-refractivity contribution in [3.05, 3.63) is 0 Å². The fraction of sp³-hybridized carbons (Fsp3) is 1.00. The summed E-state index contributed by atoms with van der Waals surface area (Å²) >= 11 is 0. The van der Waals surface area contributed by atoms with Gasteiger partial charge < -0.3 is 4.74 Å². The van der Waals surface area contributed by atoms with Gasteiger partial charge in [-0.25, -0.2) is 0 Å². The van der Waals surface area contributed by atoms with Gasteiger partial charge in [-0.2, -0.15) is 13.1 Å². The van der Waals surface area contributed by atoms with Crippen molar-refractivity contribution in [3.63, 3.8) is 0 Å². The van der Waals surface area contributed by atoms with E-state index in [1.807, 2.05) is 0 Å². The quantitative estimate of drug-likeness (QED) is 0.649. The van der Waals surface area contributed by atoms with Crippen LogP contribution in [0.3, 0.4) is 0 Å². The summed E-state index contributed by atoms with van der Waals surface area (Å²) in [4.78, 5) is 0. The van der Waals surface area contributed by atoms with Crippen molar-refractivity contribution < 1.29 is 13.2 Å².